The molecule has 4 aromatic heterocycles. The van der Waals surface area contributed by atoms with Crippen molar-refractivity contribution in [2.24, 2.45) is 0 Å². The molecule has 0 amide bonds. The molecule has 0 saturated carbocycles. The van der Waals surface area contributed by atoms with Gasteiger partial charge in [0.15, 0.2) is 5.82 Å². The van der Waals surface area contributed by atoms with Gasteiger partial charge in [0.05, 0.1) is 22.1 Å². The molecule has 57 heavy (non-hydrogen) atoms. The summed E-state index contributed by atoms with van der Waals surface area (Å²) in [5, 5.41) is 6.30. The third-order valence-corrected chi connectivity index (χ3v) is 11.1. The lowest BCUT2D eigenvalue weighted by Gasteiger charge is -2.09. The van der Waals surface area contributed by atoms with Gasteiger partial charge in [-0.2, -0.15) is 4.98 Å². The second-order valence-corrected chi connectivity index (χ2v) is 14.5. The standard InChI is InChI=1S/C52H35N3O2/c1-3-4-14-32(2)50-49-39-26-23-36(33-15-7-5-8-16-33)31-47(39)57-52(49)54-51(53-50)40-20-13-22-46-48(40)42-30-35(25-28-45(42)56-46)34-24-27-44-41(29-34)38-19-11-12-21-43(38)55(44)37-17-9-6-10-18-37/h3-31H,1-2H3/b4-3-,32-14+. The normalized spacial score (nSPS) is 12.4. The fourth-order valence-electron chi connectivity index (χ4n) is 8.41. The van der Waals surface area contributed by atoms with Crippen LogP contribution in [0.5, 0.6) is 0 Å². The predicted octanol–water partition coefficient (Wildman–Crippen LogP) is 14.4. The maximum absolute atomic E-state index is 6.60. The lowest BCUT2D eigenvalue weighted by Crippen LogP contribution is -1.96. The number of aromatic nitrogens is 3. The van der Waals surface area contributed by atoms with E-state index in [-0.39, 0.29) is 0 Å². The SMILES string of the molecule is C/C=C\C=C(/C)c1nc(-c2cccc3oc4ccc(-c5ccc6c(c5)c5ccccc5n6-c5ccccc5)cc4c23)nc2oc3cc(-c4ccccc4)ccc3c12. The summed E-state index contributed by atoms with van der Waals surface area (Å²) in [6.07, 6.45) is 6.16. The number of hydrogen-bond donors (Lipinski definition) is 0. The van der Waals surface area contributed by atoms with Gasteiger partial charge < -0.3 is 13.4 Å². The topological polar surface area (TPSA) is 57.0 Å². The van der Waals surface area contributed by atoms with Crippen molar-refractivity contribution in [2.45, 2.75) is 13.8 Å². The number of benzene rings is 7. The van der Waals surface area contributed by atoms with E-state index in [9.17, 15) is 0 Å². The minimum atomic E-state index is 0.553. The summed E-state index contributed by atoms with van der Waals surface area (Å²) in [5.41, 5.74) is 13.6. The molecular formula is C52H35N3O2. The third kappa shape index (κ3) is 5.31. The molecule has 0 unspecified atom stereocenters. The first kappa shape index (κ1) is 32.9. The van der Waals surface area contributed by atoms with Crippen molar-refractivity contribution in [1.29, 1.82) is 0 Å². The van der Waals surface area contributed by atoms with Crippen LogP contribution >= 0.6 is 0 Å². The molecule has 0 aliphatic heterocycles. The molecule has 0 atom stereocenters. The molecule has 270 valence electrons. The molecule has 4 heterocycles. The summed E-state index contributed by atoms with van der Waals surface area (Å²) in [6, 6.07) is 55.3. The van der Waals surface area contributed by atoms with Gasteiger partial charge >= 0.3 is 0 Å². The zero-order chi connectivity index (χ0) is 38.0. The van der Waals surface area contributed by atoms with E-state index < -0.39 is 0 Å². The number of rotatable bonds is 6. The van der Waals surface area contributed by atoms with Gasteiger partial charge in [0.25, 0.3) is 0 Å². The summed E-state index contributed by atoms with van der Waals surface area (Å²) in [6.45, 7) is 4.11. The fourth-order valence-corrected chi connectivity index (χ4v) is 8.41. The molecule has 11 aromatic rings. The van der Waals surface area contributed by atoms with Crippen molar-refractivity contribution in [3.63, 3.8) is 0 Å². The van der Waals surface area contributed by atoms with Gasteiger partial charge in [-0.3, -0.25) is 0 Å². The molecule has 0 aliphatic carbocycles. The minimum absolute atomic E-state index is 0.553. The third-order valence-electron chi connectivity index (χ3n) is 11.1. The molecule has 0 radical (unpaired) electrons. The highest BCUT2D eigenvalue weighted by Gasteiger charge is 2.22. The maximum Gasteiger partial charge on any atom is 0.231 e. The molecule has 5 heteroatoms. The summed E-state index contributed by atoms with van der Waals surface area (Å²) < 4.78 is 15.5. The van der Waals surface area contributed by atoms with Crippen LogP contribution in [0, 0.1) is 0 Å². The Labute approximate surface area is 328 Å². The van der Waals surface area contributed by atoms with Gasteiger partial charge in [0.1, 0.15) is 16.7 Å². The van der Waals surface area contributed by atoms with Crippen molar-refractivity contribution in [3.05, 3.63) is 182 Å². The Balaban J connectivity index is 1.09. The summed E-state index contributed by atoms with van der Waals surface area (Å²) in [4.78, 5) is 10.5. The van der Waals surface area contributed by atoms with E-state index in [4.69, 9.17) is 18.8 Å². The monoisotopic (exact) mass is 733 g/mol. The molecular weight excluding hydrogens is 699 g/mol. The summed E-state index contributed by atoms with van der Waals surface area (Å²) in [7, 11) is 0. The van der Waals surface area contributed by atoms with Gasteiger partial charge in [-0.25, -0.2) is 4.98 Å². The number of furan rings is 2. The van der Waals surface area contributed by atoms with E-state index in [0.717, 1.165) is 83.1 Å². The van der Waals surface area contributed by atoms with Crippen LogP contribution in [0.25, 0.3) is 111 Å². The van der Waals surface area contributed by atoms with Crippen LogP contribution in [0.4, 0.5) is 0 Å². The highest BCUT2D eigenvalue weighted by Crippen LogP contribution is 2.42. The van der Waals surface area contributed by atoms with Gasteiger partial charge in [-0.05, 0) is 102 Å². The number of nitrogens with zero attached hydrogens (tertiary/aromatic N) is 3. The summed E-state index contributed by atoms with van der Waals surface area (Å²) >= 11 is 0. The van der Waals surface area contributed by atoms with Crippen LogP contribution in [0.3, 0.4) is 0 Å². The Morgan fingerprint density at radius 3 is 2.09 bits per heavy atom. The predicted molar refractivity (Wildman–Crippen MR) is 236 cm³/mol. The molecule has 11 rings (SSSR count). The number of allylic oxidation sites excluding steroid dienone is 4. The second kappa shape index (κ2) is 13.1. The Bertz CT molecular complexity index is 3420. The minimum Gasteiger partial charge on any atom is -0.456 e. The molecule has 7 aromatic carbocycles. The Kier molecular flexibility index (Phi) is 7.54. The van der Waals surface area contributed by atoms with E-state index in [2.05, 4.69) is 157 Å². The molecule has 0 N–H and O–H groups in total. The van der Waals surface area contributed by atoms with E-state index in [1.165, 1.54) is 21.8 Å². The van der Waals surface area contributed by atoms with E-state index >= 15 is 0 Å². The van der Waals surface area contributed by atoms with Crippen molar-refractivity contribution in [1.82, 2.24) is 14.5 Å². The van der Waals surface area contributed by atoms with Gasteiger partial charge in [0, 0.05) is 38.2 Å². The number of fused-ring (bicyclic) bond motifs is 9. The van der Waals surface area contributed by atoms with Crippen molar-refractivity contribution < 1.29 is 8.83 Å². The largest absolute Gasteiger partial charge is 0.456 e. The molecule has 0 fully saturated rings. The Morgan fingerprint density at radius 1 is 0.526 bits per heavy atom. The quantitative estimate of drug-likeness (QED) is 0.160. The highest BCUT2D eigenvalue weighted by atomic mass is 16.3. The zero-order valence-corrected chi connectivity index (χ0v) is 31.4. The van der Waals surface area contributed by atoms with Crippen LogP contribution in [-0.4, -0.2) is 14.5 Å². The number of para-hydroxylation sites is 2. The van der Waals surface area contributed by atoms with Crippen LogP contribution < -0.4 is 0 Å². The first-order chi connectivity index (χ1) is 28.1. The smallest absolute Gasteiger partial charge is 0.231 e. The van der Waals surface area contributed by atoms with E-state index in [0.29, 0.717) is 11.5 Å². The molecule has 0 bridgehead atoms. The maximum atomic E-state index is 6.60. The lowest BCUT2D eigenvalue weighted by molar-refractivity contribution is 0.653. The molecule has 0 spiro atoms. The lowest BCUT2D eigenvalue weighted by atomic mass is 9.99. The molecule has 0 aliphatic rings. The van der Waals surface area contributed by atoms with Gasteiger partial charge in [-0.1, -0.05) is 115 Å². The van der Waals surface area contributed by atoms with Crippen LogP contribution in [0.2, 0.25) is 0 Å². The first-order valence-corrected chi connectivity index (χ1v) is 19.3. The van der Waals surface area contributed by atoms with E-state index in [1.807, 2.05) is 37.3 Å². The molecule has 5 nitrogen and oxygen atoms in total. The second-order valence-electron chi connectivity index (χ2n) is 14.5. The summed E-state index contributed by atoms with van der Waals surface area (Å²) in [5.74, 6) is 0.585. The van der Waals surface area contributed by atoms with Crippen LogP contribution in [0.15, 0.2) is 185 Å². The Morgan fingerprint density at radius 2 is 1.25 bits per heavy atom. The molecule has 0 saturated heterocycles. The average molecular weight is 734 g/mol. The fraction of sp³-hybridized carbons (Fsp3) is 0.0385. The Hall–Kier alpha value is -7.50. The van der Waals surface area contributed by atoms with Crippen molar-refractivity contribution in [2.75, 3.05) is 0 Å². The van der Waals surface area contributed by atoms with E-state index in [1.54, 1.807) is 0 Å². The first-order valence-electron chi connectivity index (χ1n) is 19.3. The van der Waals surface area contributed by atoms with Crippen LogP contribution in [0.1, 0.15) is 19.5 Å². The van der Waals surface area contributed by atoms with Crippen molar-refractivity contribution in [3.8, 4) is 39.3 Å². The zero-order valence-electron chi connectivity index (χ0n) is 31.4. The van der Waals surface area contributed by atoms with Gasteiger partial charge in [0.2, 0.25) is 5.71 Å². The van der Waals surface area contributed by atoms with Gasteiger partial charge in [-0.15, -0.1) is 0 Å². The van der Waals surface area contributed by atoms with Crippen LogP contribution in [-0.2, 0) is 0 Å². The van der Waals surface area contributed by atoms with Crippen molar-refractivity contribution >= 4 is 71.4 Å². The number of hydrogen-bond acceptors (Lipinski definition) is 4. The average Bonchev–Trinajstić information content (AvgIpc) is 3.94. The highest BCUT2D eigenvalue weighted by molar-refractivity contribution is 6.15.